The van der Waals surface area contributed by atoms with Gasteiger partial charge < -0.3 is 5.73 Å². The first-order valence-electron chi connectivity index (χ1n) is 9.01. The van der Waals surface area contributed by atoms with Crippen molar-refractivity contribution >= 4 is 16.8 Å². The Morgan fingerprint density at radius 3 is 2.36 bits per heavy atom. The van der Waals surface area contributed by atoms with Crippen LogP contribution in [-0.2, 0) is 0 Å². The number of amides is 1. The smallest absolute Gasteiger partial charge is 0.249 e. The molecule has 0 radical (unpaired) electrons. The van der Waals surface area contributed by atoms with E-state index in [9.17, 15) is 4.79 Å². The van der Waals surface area contributed by atoms with Gasteiger partial charge in [-0.25, -0.2) is 0 Å². The van der Waals surface area contributed by atoms with Crippen molar-refractivity contribution in [1.82, 2.24) is 4.98 Å². The van der Waals surface area contributed by atoms with Crippen molar-refractivity contribution in [2.45, 2.75) is 38.0 Å². The summed E-state index contributed by atoms with van der Waals surface area (Å²) in [4.78, 5) is 15.9. The van der Waals surface area contributed by atoms with Gasteiger partial charge >= 0.3 is 0 Å². The number of fused-ring (bicyclic) bond motifs is 1. The second-order valence-corrected chi connectivity index (χ2v) is 6.91. The fourth-order valence-corrected chi connectivity index (χ4v) is 3.93. The molecule has 3 heteroatoms. The van der Waals surface area contributed by atoms with E-state index in [4.69, 9.17) is 5.73 Å². The van der Waals surface area contributed by atoms with E-state index < -0.39 is 5.91 Å². The maximum absolute atomic E-state index is 11.6. The summed E-state index contributed by atoms with van der Waals surface area (Å²) in [5, 5.41) is 0.803. The lowest BCUT2D eigenvalue weighted by Crippen LogP contribution is -2.11. The highest BCUT2D eigenvalue weighted by molar-refractivity contribution is 6.05. The largest absolute Gasteiger partial charge is 0.366 e. The lowest BCUT2D eigenvalue weighted by atomic mass is 9.83. The van der Waals surface area contributed by atoms with E-state index in [1.54, 1.807) is 12.3 Å². The average Bonchev–Trinajstić information content (AvgIpc) is 2.68. The van der Waals surface area contributed by atoms with Gasteiger partial charge in [-0.2, -0.15) is 0 Å². The third-order valence-electron chi connectivity index (χ3n) is 5.33. The Bertz CT molecular complexity index is 909. The number of aromatic nitrogens is 1. The summed E-state index contributed by atoms with van der Waals surface area (Å²) in [6.07, 6.45) is 8.35. The standard InChI is InChI=1S/C22H22N2O/c23-22(25)20-12-13-24-21-14-18(10-11-19(20)21)17-8-6-16(7-9-17)15-4-2-1-3-5-15/h6-15H,1-5H2,(H2,23,25). The fourth-order valence-electron chi connectivity index (χ4n) is 3.93. The number of nitrogens with zero attached hydrogens (tertiary/aromatic N) is 1. The second-order valence-electron chi connectivity index (χ2n) is 6.91. The van der Waals surface area contributed by atoms with Gasteiger partial charge in [-0.05, 0) is 47.6 Å². The third kappa shape index (κ3) is 3.14. The van der Waals surface area contributed by atoms with Crippen molar-refractivity contribution in [3.63, 3.8) is 0 Å². The van der Waals surface area contributed by atoms with Crippen LogP contribution < -0.4 is 5.73 Å². The van der Waals surface area contributed by atoms with Crippen molar-refractivity contribution in [3.05, 3.63) is 65.9 Å². The third-order valence-corrected chi connectivity index (χ3v) is 5.33. The van der Waals surface area contributed by atoms with Crippen LogP contribution in [0.5, 0.6) is 0 Å². The van der Waals surface area contributed by atoms with Crippen LogP contribution in [0.1, 0.15) is 53.9 Å². The van der Waals surface area contributed by atoms with Gasteiger partial charge in [0.25, 0.3) is 0 Å². The Balaban J connectivity index is 1.66. The maximum atomic E-state index is 11.6. The Hall–Kier alpha value is -2.68. The predicted octanol–water partition coefficient (Wildman–Crippen LogP) is 5.05. The molecule has 2 aromatic carbocycles. The van der Waals surface area contributed by atoms with E-state index in [2.05, 4.69) is 29.2 Å². The van der Waals surface area contributed by atoms with Crippen LogP contribution in [-0.4, -0.2) is 10.9 Å². The molecule has 0 unspecified atom stereocenters. The van der Waals surface area contributed by atoms with Gasteiger partial charge in [-0.3, -0.25) is 9.78 Å². The molecule has 2 N–H and O–H groups in total. The summed E-state index contributed by atoms with van der Waals surface area (Å²) in [6.45, 7) is 0. The van der Waals surface area contributed by atoms with Crippen LogP contribution in [0, 0.1) is 0 Å². The monoisotopic (exact) mass is 330 g/mol. The number of rotatable bonds is 3. The first kappa shape index (κ1) is 15.8. The zero-order valence-electron chi connectivity index (χ0n) is 14.2. The Morgan fingerprint density at radius 2 is 1.64 bits per heavy atom. The Labute approximate surface area is 147 Å². The number of pyridine rings is 1. The summed E-state index contributed by atoms with van der Waals surface area (Å²) in [7, 11) is 0. The lowest BCUT2D eigenvalue weighted by Gasteiger charge is -2.22. The topological polar surface area (TPSA) is 56.0 Å². The lowest BCUT2D eigenvalue weighted by molar-refractivity contribution is 0.100. The summed E-state index contributed by atoms with van der Waals surface area (Å²) in [5.74, 6) is 0.302. The van der Waals surface area contributed by atoms with Crippen molar-refractivity contribution in [2.24, 2.45) is 5.73 Å². The van der Waals surface area contributed by atoms with Gasteiger partial charge in [0, 0.05) is 11.6 Å². The van der Waals surface area contributed by atoms with Crippen LogP contribution >= 0.6 is 0 Å². The first-order valence-corrected chi connectivity index (χ1v) is 9.01. The molecular weight excluding hydrogens is 308 g/mol. The zero-order chi connectivity index (χ0) is 17.2. The Morgan fingerprint density at radius 1 is 0.920 bits per heavy atom. The van der Waals surface area contributed by atoms with E-state index >= 15 is 0 Å². The molecule has 25 heavy (non-hydrogen) atoms. The molecule has 1 aliphatic rings. The number of hydrogen-bond acceptors (Lipinski definition) is 2. The van der Waals surface area contributed by atoms with Gasteiger partial charge in [0.1, 0.15) is 0 Å². The molecule has 0 atom stereocenters. The normalized spacial score (nSPS) is 15.4. The van der Waals surface area contributed by atoms with E-state index in [1.165, 1.54) is 43.2 Å². The number of primary amides is 1. The molecule has 3 nitrogen and oxygen atoms in total. The number of carbonyl (C=O) groups is 1. The minimum absolute atomic E-state index is 0.419. The number of nitrogens with two attached hydrogens (primary N) is 1. The molecule has 4 rings (SSSR count). The molecule has 1 aromatic heterocycles. The zero-order valence-corrected chi connectivity index (χ0v) is 14.2. The molecule has 3 aromatic rings. The maximum Gasteiger partial charge on any atom is 0.249 e. The average molecular weight is 330 g/mol. The van der Waals surface area contributed by atoms with Crippen LogP contribution in [0.15, 0.2) is 54.7 Å². The molecule has 1 fully saturated rings. The highest BCUT2D eigenvalue weighted by Crippen LogP contribution is 2.34. The number of benzene rings is 2. The van der Waals surface area contributed by atoms with Crippen molar-refractivity contribution in [1.29, 1.82) is 0 Å². The summed E-state index contributed by atoms with van der Waals surface area (Å²) in [6, 6.07) is 16.6. The van der Waals surface area contributed by atoms with Crippen molar-refractivity contribution in [3.8, 4) is 11.1 Å². The van der Waals surface area contributed by atoms with E-state index in [0.717, 1.165) is 22.4 Å². The second kappa shape index (κ2) is 6.67. The quantitative estimate of drug-likeness (QED) is 0.730. The van der Waals surface area contributed by atoms with Crippen LogP contribution in [0.25, 0.3) is 22.0 Å². The van der Waals surface area contributed by atoms with Gasteiger partial charge in [0.2, 0.25) is 5.91 Å². The Kier molecular flexibility index (Phi) is 4.22. The van der Waals surface area contributed by atoms with E-state index in [-0.39, 0.29) is 0 Å². The highest BCUT2D eigenvalue weighted by atomic mass is 16.1. The molecule has 0 saturated heterocycles. The highest BCUT2D eigenvalue weighted by Gasteiger charge is 2.15. The fraction of sp³-hybridized carbons (Fsp3) is 0.273. The van der Waals surface area contributed by atoms with Crippen molar-refractivity contribution < 1.29 is 4.79 Å². The molecule has 0 bridgehead atoms. The minimum Gasteiger partial charge on any atom is -0.366 e. The molecular formula is C22H22N2O. The summed E-state index contributed by atoms with van der Waals surface area (Å²) in [5.41, 5.74) is 10.5. The summed E-state index contributed by atoms with van der Waals surface area (Å²) < 4.78 is 0. The molecule has 0 aliphatic heterocycles. The molecule has 1 amide bonds. The van der Waals surface area contributed by atoms with Gasteiger partial charge in [0.05, 0.1) is 11.1 Å². The molecule has 1 heterocycles. The van der Waals surface area contributed by atoms with Gasteiger partial charge in [0.15, 0.2) is 0 Å². The SMILES string of the molecule is NC(=O)c1ccnc2cc(-c3ccc(C4CCCCC4)cc3)ccc12. The first-order chi connectivity index (χ1) is 12.2. The number of hydrogen-bond donors (Lipinski definition) is 1. The minimum atomic E-state index is -0.419. The molecule has 126 valence electrons. The number of carbonyl (C=O) groups excluding carboxylic acids is 1. The van der Waals surface area contributed by atoms with Gasteiger partial charge in [-0.1, -0.05) is 55.7 Å². The molecule has 1 saturated carbocycles. The van der Waals surface area contributed by atoms with Crippen LogP contribution in [0.4, 0.5) is 0 Å². The van der Waals surface area contributed by atoms with E-state index in [1.807, 2.05) is 18.2 Å². The molecule has 1 aliphatic carbocycles. The van der Waals surface area contributed by atoms with Gasteiger partial charge in [-0.15, -0.1) is 0 Å². The van der Waals surface area contributed by atoms with Crippen LogP contribution in [0.3, 0.4) is 0 Å². The predicted molar refractivity (Wildman–Crippen MR) is 102 cm³/mol. The molecule has 0 spiro atoms. The van der Waals surface area contributed by atoms with E-state index in [0.29, 0.717) is 5.56 Å². The summed E-state index contributed by atoms with van der Waals surface area (Å²) >= 11 is 0. The van der Waals surface area contributed by atoms with Crippen molar-refractivity contribution in [2.75, 3.05) is 0 Å². The van der Waals surface area contributed by atoms with Crippen LogP contribution in [0.2, 0.25) is 0 Å².